The molecule has 3 aromatic heterocycles. The Hall–Kier alpha value is -2.48. The number of hydrogen-bond donors (Lipinski definition) is 0. The minimum atomic E-state index is 1.22. The van der Waals surface area contributed by atoms with Crippen molar-refractivity contribution in [1.82, 2.24) is 4.98 Å². The van der Waals surface area contributed by atoms with Gasteiger partial charge in [-0.3, -0.25) is 4.98 Å². The molecular weight excluding hydrogens is 232 g/mol. The molecule has 90 valence electrons. The Kier molecular flexibility index (Phi) is 2.06. The van der Waals surface area contributed by atoms with E-state index in [4.69, 9.17) is 0 Å². The summed E-state index contributed by atoms with van der Waals surface area (Å²) in [6.07, 6.45) is 8.08. The van der Waals surface area contributed by atoms with Gasteiger partial charge in [0, 0.05) is 35.5 Å². The van der Waals surface area contributed by atoms with E-state index in [2.05, 4.69) is 65.1 Å². The maximum absolute atomic E-state index is 4.29. The van der Waals surface area contributed by atoms with Gasteiger partial charge in [-0.05, 0) is 29.8 Å². The number of fused-ring (bicyclic) bond motifs is 5. The van der Waals surface area contributed by atoms with Crippen LogP contribution in [0, 0.1) is 6.92 Å². The third-order valence-corrected chi connectivity index (χ3v) is 3.73. The molecule has 0 spiro atoms. The summed E-state index contributed by atoms with van der Waals surface area (Å²) < 4.78 is 2.18. The van der Waals surface area contributed by atoms with E-state index in [0.717, 1.165) is 0 Å². The minimum absolute atomic E-state index is 1.22. The van der Waals surface area contributed by atoms with Crippen molar-refractivity contribution in [3.8, 4) is 0 Å². The number of aryl methyl sites for hydroxylation is 1. The van der Waals surface area contributed by atoms with Crippen LogP contribution in [0.3, 0.4) is 0 Å². The van der Waals surface area contributed by atoms with Crippen LogP contribution < -0.4 is 4.40 Å². The standard InChI is InChI=1S/C17H13N2/c1-12-11-19-9-3-2-4-16(19)17-14(12)6-5-13-7-8-18-10-15(13)17/h2-11H,1H3/q+1. The molecule has 0 radical (unpaired) electrons. The second kappa shape index (κ2) is 3.75. The van der Waals surface area contributed by atoms with E-state index in [-0.39, 0.29) is 0 Å². The van der Waals surface area contributed by atoms with Crippen LogP contribution in [0.1, 0.15) is 5.56 Å². The number of aromatic nitrogens is 2. The highest BCUT2D eigenvalue weighted by molar-refractivity contribution is 6.13. The van der Waals surface area contributed by atoms with Crippen molar-refractivity contribution in [2.45, 2.75) is 6.92 Å². The molecule has 0 amide bonds. The number of nitrogens with zero attached hydrogens (tertiary/aromatic N) is 2. The SMILES string of the molecule is Cc1c[n+]2ccccc2c2c1ccc1ccncc12. The zero-order chi connectivity index (χ0) is 12.8. The fourth-order valence-corrected chi connectivity index (χ4v) is 2.82. The summed E-state index contributed by atoms with van der Waals surface area (Å²) in [5.41, 5.74) is 2.51. The largest absolute Gasteiger partial charge is 0.264 e. The molecule has 0 fully saturated rings. The molecule has 2 nitrogen and oxygen atoms in total. The highest BCUT2D eigenvalue weighted by Gasteiger charge is 2.12. The minimum Gasteiger partial charge on any atom is -0.264 e. The molecule has 0 bridgehead atoms. The van der Waals surface area contributed by atoms with Crippen molar-refractivity contribution in [1.29, 1.82) is 0 Å². The fraction of sp³-hybridized carbons (Fsp3) is 0.0588. The summed E-state index contributed by atoms with van der Waals surface area (Å²) in [5, 5.41) is 5.03. The molecule has 2 heteroatoms. The lowest BCUT2D eigenvalue weighted by molar-refractivity contribution is -0.511. The molecule has 0 aliphatic heterocycles. The van der Waals surface area contributed by atoms with Gasteiger partial charge in [-0.25, -0.2) is 0 Å². The predicted molar refractivity (Wildman–Crippen MR) is 77.1 cm³/mol. The molecule has 0 aliphatic carbocycles. The summed E-state index contributed by atoms with van der Waals surface area (Å²) in [4.78, 5) is 4.29. The molecule has 0 saturated heterocycles. The Morgan fingerprint density at radius 3 is 2.89 bits per heavy atom. The monoisotopic (exact) mass is 245 g/mol. The van der Waals surface area contributed by atoms with Crippen molar-refractivity contribution < 1.29 is 4.40 Å². The third kappa shape index (κ3) is 1.43. The summed E-state index contributed by atoms with van der Waals surface area (Å²) in [7, 11) is 0. The second-order valence-electron chi connectivity index (χ2n) is 4.89. The van der Waals surface area contributed by atoms with Crippen molar-refractivity contribution >= 4 is 27.1 Å². The van der Waals surface area contributed by atoms with Crippen LogP contribution in [-0.4, -0.2) is 4.98 Å². The normalized spacial score (nSPS) is 11.4. The summed E-state index contributed by atoms with van der Waals surface area (Å²) in [6.45, 7) is 2.16. The van der Waals surface area contributed by atoms with Crippen LogP contribution in [0.25, 0.3) is 27.1 Å². The maximum Gasteiger partial charge on any atom is 0.219 e. The number of rotatable bonds is 0. The molecule has 19 heavy (non-hydrogen) atoms. The average molecular weight is 245 g/mol. The molecule has 0 atom stereocenters. The molecule has 4 rings (SSSR count). The van der Waals surface area contributed by atoms with Crippen LogP contribution in [0.5, 0.6) is 0 Å². The van der Waals surface area contributed by atoms with Gasteiger partial charge < -0.3 is 0 Å². The summed E-state index contributed by atoms with van der Waals surface area (Å²) in [5.74, 6) is 0. The first kappa shape index (κ1) is 10.4. The van der Waals surface area contributed by atoms with Gasteiger partial charge in [-0.15, -0.1) is 0 Å². The van der Waals surface area contributed by atoms with Gasteiger partial charge in [0.2, 0.25) is 5.52 Å². The first-order valence-electron chi connectivity index (χ1n) is 6.41. The molecular formula is C17H13N2+. The lowest BCUT2D eigenvalue weighted by atomic mass is 10.0. The smallest absolute Gasteiger partial charge is 0.219 e. The maximum atomic E-state index is 4.29. The number of pyridine rings is 3. The molecule has 0 unspecified atom stereocenters. The molecule has 3 heterocycles. The molecule has 4 aromatic rings. The Balaban J connectivity index is 2.40. The number of hydrogen-bond acceptors (Lipinski definition) is 1. The quantitative estimate of drug-likeness (QED) is 0.342. The Morgan fingerprint density at radius 2 is 1.95 bits per heavy atom. The Morgan fingerprint density at radius 1 is 1.00 bits per heavy atom. The zero-order valence-electron chi connectivity index (χ0n) is 10.7. The topological polar surface area (TPSA) is 17.0 Å². The van der Waals surface area contributed by atoms with Gasteiger partial charge in [0.25, 0.3) is 0 Å². The van der Waals surface area contributed by atoms with Crippen molar-refractivity contribution in [3.05, 3.63) is 66.7 Å². The van der Waals surface area contributed by atoms with Gasteiger partial charge in [-0.2, -0.15) is 4.40 Å². The third-order valence-electron chi connectivity index (χ3n) is 3.73. The van der Waals surface area contributed by atoms with E-state index < -0.39 is 0 Å². The summed E-state index contributed by atoms with van der Waals surface area (Å²) >= 11 is 0. The highest BCUT2D eigenvalue weighted by atomic mass is 14.8. The predicted octanol–water partition coefficient (Wildman–Crippen LogP) is 3.44. The highest BCUT2D eigenvalue weighted by Crippen LogP contribution is 2.28. The van der Waals surface area contributed by atoms with Crippen LogP contribution >= 0.6 is 0 Å². The number of benzene rings is 1. The van der Waals surface area contributed by atoms with E-state index >= 15 is 0 Å². The summed E-state index contributed by atoms with van der Waals surface area (Å²) in [6, 6.07) is 12.7. The first-order valence-corrected chi connectivity index (χ1v) is 6.41. The van der Waals surface area contributed by atoms with E-state index in [1.165, 1.54) is 32.6 Å². The molecule has 1 aromatic carbocycles. The van der Waals surface area contributed by atoms with E-state index in [1.807, 2.05) is 12.4 Å². The van der Waals surface area contributed by atoms with Gasteiger partial charge in [0.1, 0.15) is 0 Å². The average Bonchev–Trinajstić information content (AvgIpc) is 2.47. The molecule has 0 aliphatic rings. The Labute approximate surface area is 111 Å². The van der Waals surface area contributed by atoms with E-state index in [1.54, 1.807) is 0 Å². The van der Waals surface area contributed by atoms with Crippen molar-refractivity contribution in [2.75, 3.05) is 0 Å². The molecule has 0 N–H and O–H groups in total. The van der Waals surface area contributed by atoms with Gasteiger partial charge in [0.15, 0.2) is 12.4 Å². The van der Waals surface area contributed by atoms with Crippen LogP contribution in [-0.2, 0) is 0 Å². The van der Waals surface area contributed by atoms with Gasteiger partial charge >= 0.3 is 0 Å². The van der Waals surface area contributed by atoms with E-state index in [9.17, 15) is 0 Å². The second-order valence-corrected chi connectivity index (χ2v) is 4.89. The van der Waals surface area contributed by atoms with Crippen LogP contribution in [0.2, 0.25) is 0 Å². The van der Waals surface area contributed by atoms with Crippen molar-refractivity contribution in [3.63, 3.8) is 0 Å². The molecule has 0 saturated carbocycles. The van der Waals surface area contributed by atoms with E-state index in [0.29, 0.717) is 0 Å². The fourth-order valence-electron chi connectivity index (χ4n) is 2.82. The lowest BCUT2D eigenvalue weighted by Gasteiger charge is -2.05. The van der Waals surface area contributed by atoms with Crippen LogP contribution in [0.15, 0.2) is 61.2 Å². The zero-order valence-corrected chi connectivity index (χ0v) is 10.7. The Bertz CT molecular complexity index is 910. The van der Waals surface area contributed by atoms with Gasteiger partial charge in [0.05, 0.1) is 5.39 Å². The first-order chi connectivity index (χ1) is 9.34. The van der Waals surface area contributed by atoms with Crippen LogP contribution in [0.4, 0.5) is 0 Å². The van der Waals surface area contributed by atoms with Crippen molar-refractivity contribution in [2.24, 2.45) is 0 Å². The lowest BCUT2D eigenvalue weighted by Crippen LogP contribution is -2.21. The van der Waals surface area contributed by atoms with Gasteiger partial charge in [-0.1, -0.05) is 12.1 Å².